The zero-order chi connectivity index (χ0) is 7.98. The standard InChI is InChI=1S/C7H8FNO/c1-2-3-6(4-5-9)7(8)10/h2-5,9H,1H3/b3-2-,6-4+,9-5?. The highest BCUT2D eigenvalue weighted by Crippen LogP contribution is 1.98. The van der Waals surface area contributed by atoms with Crippen molar-refractivity contribution in [1.29, 1.82) is 5.41 Å². The molecule has 0 amide bonds. The topological polar surface area (TPSA) is 40.9 Å². The molecule has 0 rings (SSSR count). The van der Waals surface area contributed by atoms with Gasteiger partial charge in [-0.15, -0.1) is 0 Å². The predicted molar refractivity (Wildman–Crippen MR) is 37.8 cm³/mol. The summed E-state index contributed by atoms with van der Waals surface area (Å²) in [6.07, 6.45) is 4.81. The average Bonchev–Trinajstić information content (AvgIpc) is 1.87. The van der Waals surface area contributed by atoms with Crippen LogP contribution in [-0.2, 0) is 4.79 Å². The molecule has 0 aromatic rings. The Kier molecular flexibility index (Phi) is 4.04. The zero-order valence-electron chi connectivity index (χ0n) is 5.60. The van der Waals surface area contributed by atoms with E-state index in [9.17, 15) is 9.18 Å². The van der Waals surface area contributed by atoms with Gasteiger partial charge in [0.05, 0.1) is 5.57 Å². The Labute approximate surface area is 58.6 Å². The summed E-state index contributed by atoms with van der Waals surface area (Å²) < 4.78 is 11.9. The van der Waals surface area contributed by atoms with Crippen molar-refractivity contribution in [3.05, 3.63) is 23.8 Å². The lowest BCUT2D eigenvalue weighted by Gasteiger charge is -1.86. The number of hydrogen-bond acceptors (Lipinski definition) is 2. The Balaban J connectivity index is 4.41. The minimum Gasteiger partial charge on any atom is -0.309 e. The van der Waals surface area contributed by atoms with E-state index >= 15 is 0 Å². The van der Waals surface area contributed by atoms with E-state index in [0.717, 1.165) is 12.3 Å². The Bertz CT molecular complexity index is 194. The van der Waals surface area contributed by atoms with Crippen LogP contribution in [0.5, 0.6) is 0 Å². The molecule has 10 heavy (non-hydrogen) atoms. The first-order valence-electron chi connectivity index (χ1n) is 2.75. The van der Waals surface area contributed by atoms with Crippen LogP contribution >= 0.6 is 0 Å². The van der Waals surface area contributed by atoms with Crippen molar-refractivity contribution in [2.75, 3.05) is 0 Å². The second-order valence-electron chi connectivity index (χ2n) is 1.56. The summed E-state index contributed by atoms with van der Waals surface area (Å²) in [6, 6.07) is -1.51. The van der Waals surface area contributed by atoms with Gasteiger partial charge in [-0.25, -0.2) is 0 Å². The number of rotatable bonds is 3. The highest BCUT2D eigenvalue weighted by atomic mass is 19.1. The molecule has 0 saturated heterocycles. The third kappa shape index (κ3) is 2.91. The van der Waals surface area contributed by atoms with Gasteiger partial charge in [-0.1, -0.05) is 12.2 Å². The van der Waals surface area contributed by atoms with E-state index in [1.54, 1.807) is 6.92 Å². The molecule has 0 radical (unpaired) electrons. The number of nitrogens with one attached hydrogen (secondary N) is 1. The average molecular weight is 141 g/mol. The summed E-state index contributed by atoms with van der Waals surface area (Å²) in [6.45, 7) is 1.67. The molecule has 54 valence electrons. The van der Waals surface area contributed by atoms with Crippen molar-refractivity contribution in [2.45, 2.75) is 6.92 Å². The minimum absolute atomic E-state index is 0.0995. The van der Waals surface area contributed by atoms with E-state index in [-0.39, 0.29) is 5.57 Å². The lowest BCUT2D eigenvalue weighted by molar-refractivity contribution is -0.124. The van der Waals surface area contributed by atoms with Crippen molar-refractivity contribution in [1.82, 2.24) is 0 Å². The lowest BCUT2D eigenvalue weighted by Crippen LogP contribution is -1.90. The molecule has 0 aliphatic heterocycles. The van der Waals surface area contributed by atoms with Crippen LogP contribution in [0.4, 0.5) is 4.39 Å². The normalized spacial score (nSPS) is 12.0. The highest BCUT2D eigenvalue weighted by Gasteiger charge is 2.00. The first-order chi connectivity index (χ1) is 4.72. The number of hydrogen-bond donors (Lipinski definition) is 1. The van der Waals surface area contributed by atoms with Crippen molar-refractivity contribution < 1.29 is 9.18 Å². The monoisotopic (exact) mass is 141 g/mol. The van der Waals surface area contributed by atoms with Gasteiger partial charge in [0, 0.05) is 6.21 Å². The maximum Gasteiger partial charge on any atom is 0.332 e. The van der Waals surface area contributed by atoms with Gasteiger partial charge < -0.3 is 5.41 Å². The molecule has 2 nitrogen and oxygen atoms in total. The van der Waals surface area contributed by atoms with Gasteiger partial charge in [0.25, 0.3) is 0 Å². The van der Waals surface area contributed by atoms with Crippen molar-refractivity contribution in [3.8, 4) is 0 Å². The fourth-order valence-electron chi connectivity index (χ4n) is 0.456. The molecule has 0 spiro atoms. The van der Waals surface area contributed by atoms with Crippen LogP contribution in [0.3, 0.4) is 0 Å². The first-order valence-corrected chi connectivity index (χ1v) is 2.75. The van der Waals surface area contributed by atoms with Crippen LogP contribution in [-0.4, -0.2) is 12.3 Å². The predicted octanol–water partition coefficient (Wildman–Crippen LogP) is 1.63. The molecule has 0 aliphatic carbocycles. The molecule has 3 heteroatoms. The number of carbonyl (C=O) groups is 1. The molecular formula is C7H8FNO. The van der Waals surface area contributed by atoms with Gasteiger partial charge in [0.1, 0.15) is 0 Å². The molecule has 0 bridgehead atoms. The molecule has 0 aromatic carbocycles. The molecule has 0 aromatic heterocycles. The fourth-order valence-corrected chi connectivity index (χ4v) is 0.456. The van der Waals surface area contributed by atoms with E-state index < -0.39 is 6.04 Å². The Morgan fingerprint density at radius 1 is 1.60 bits per heavy atom. The van der Waals surface area contributed by atoms with E-state index in [0.29, 0.717) is 0 Å². The minimum atomic E-state index is -1.51. The van der Waals surface area contributed by atoms with Gasteiger partial charge in [0.2, 0.25) is 0 Å². The molecule has 0 heterocycles. The summed E-state index contributed by atoms with van der Waals surface area (Å²) in [5.41, 5.74) is -0.0995. The van der Waals surface area contributed by atoms with Gasteiger partial charge in [-0.05, 0) is 13.0 Å². The third-order valence-electron chi connectivity index (χ3n) is 0.836. The van der Waals surface area contributed by atoms with Crippen molar-refractivity contribution in [3.63, 3.8) is 0 Å². The van der Waals surface area contributed by atoms with Crippen molar-refractivity contribution >= 4 is 12.3 Å². The Morgan fingerprint density at radius 3 is 2.50 bits per heavy atom. The van der Waals surface area contributed by atoms with Crippen LogP contribution in [0, 0.1) is 5.41 Å². The van der Waals surface area contributed by atoms with E-state index in [2.05, 4.69) is 0 Å². The molecule has 0 fully saturated rings. The second kappa shape index (κ2) is 4.61. The first kappa shape index (κ1) is 8.75. The van der Waals surface area contributed by atoms with Gasteiger partial charge in [-0.3, -0.25) is 4.79 Å². The number of halogens is 1. The summed E-state index contributed by atoms with van der Waals surface area (Å²) in [5, 5.41) is 6.55. The van der Waals surface area contributed by atoms with Gasteiger partial charge in [-0.2, -0.15) is 4.39 Å². The van der Waals surface area contributed by atoms with Gasteiger partial charge in [0.15, 0.2) is 0 Å². The van der Waals surface area contributed by atoms with Crippen LogP contribution < -0.4 is 0 Å². The van der Waals surface area contributed by atoms with E-state index in [4.69, 9.17) is 5.41 Å². The number of carbonyl (C=O) groups excluding carboxylic acids is 1. The SMILES string of the molecule is C/C=C\C(=C/C=N)C(=O)F. The second-order valence-corrected chi connectivity index (χ2v) is 1.56. The van der Waals surface area contributed by atoms with Crippen LogP contribution in [0.25, 0.3) is 0 Å². The smallest absolute Gasteiger partial charge is 0.309 e. The third-order valence-corrected chi connectivity index (χ3v) is 0.836. The van der Waals surface area contributed by atoms with E-state index in [1.807, 2.05) is 0 Å². The molecule has 0 aliphatic rings. The van der Waals surface area contributed by atoms with Crippen LogP contribution in [0.2, 0.25) is 0 Å². The lowest BCUT2D eigenvalue weighted by atomic mass is 10.2. The zero-order valence-corrected chi connectivity index (χ0v) is 5.60. The van der Waals surface area contributed by atoms with Gasteiger partial charge >= 0.3 is 6.04 Å². The largest absolute Gasteiger partial charge is 0.332 e. The van der Waals surface area contributed by atoms with Crippen LogP contribution in [0.15, 0.2) is 23.8 Å². The highest BCUT2D eigenvalue weighted by molar-refractivity contribution is 5.94. The molecule has 0 unspecified atom stereocenters. The molecule has 1 N–H and O–H groups in total. The summed E-state index contributed by atoms with van der Waals surface area (Å²) in [5.74, 6) is 0. The summed E-state index contributed by atoms with van der Waals surface area (Å²) >= 11 is 0. The molecular weight excluding hydrogens is 133 g/mol. The van der Waals surface area contributed by atoms with E-state index in [1.165, 1.54) is 12.2 Å². The number of allylic oxidation sites excluding steroid dienone is 4. The Hall–Kier alpha value is -1.25. The van der Waals surface area contributed by atoms with Crippen molar-refractivity contribution in [2.24, 2.45) is 0 Å². The van der Waals surface area contributed by atoms with Crippen LogP contribution in [0.1, 0.15) is 6.92 Å². The Morgan fingerprint density at radius 2 is 2.20 bits per heavy atom. The fraction of sp³-hybridized carbons (Fsp3) is 0.143. The summed E-state index contributed by atoms with van der Waals surface area (Å²) in [7, 11) is 0. The maximum absolute atomic E-state index is 11.9. The quantitative estimate of drug-likeness (QED) is 0.276. The summed E-state index contributed by atoms with van der Waals surface area (Å²) in [4.78, 5) is 10.0. The molecule has 0 saturated carbocycles. The molecule has 0 atom stereocenters. The maximum atomic E-state index is 11.9.